The highest BCUT2D eigenvalue weighted by atomic mass is 16.5. The van der Waals surface area contributed by atoms with Crippen molar-refractivity contribution in [1.29, 1.82) is 0 Å². The Morgan fingerprint density at radius 3 is 2.65 bits per heavy atom. The van der Waals surface area contributed by atoms with Crippen LogP contribution in [0.3, 0.4) is 0 Å². The molecule has 0 aliphatic carbocycles. The molecule has 0 aliphatic heterocycles. The van der Waals surface area contributed by atoms with Gasteiger partial charge in [0.15, 0.2) is 5.69 Å². The van der Waals surface area contributed by atoms with Crippen LogP contribution in [0.4, 0.5) is 5.82 Å². The van der Waals surface area contributed by atoms with Crippen molar-refractivity contribution in [2.45, 2.75) is 6.92 Å². The maximum Gasteiger partial charge on any atom is 0.354 e. The first-order valence-corrected chi connectivity index (χ1v) is 4.83. The lowest BCUT2D eigenvalue weighted by Crippen LogP contribution is -2.10. The molecule has 3 N–H and O–H groups in total. The minimum atomic E-state index is -1.19. The van der Waals surface area contributed by atoms with Crippen LogP contribution in [0.5, 0.6) is 0 Å². The topological polar surface area (TPSA) is 103 Å². The van der Waals surface area contributed by atoms with Gasteiger partial charge in [0, 0.05) is 5.56 Å². The van der Waals surface area contributed by atoms with Crippen LogP contribution in [-0.2, 0) is 9.53 Å². The van der Waals surface area contributed by atoms with Gasteiger partial charge in [-0.1, -0.05) is 6.58 Å². The van der Waals surface area contributed by atoms with E-state index < -0.39 is 11.9 Å². The number of nitrogen functional groups attached to an aromatic ring is 1. The van der Waals surface area contributed by atoms with Crippen molar-refractivity contribution in [1.82, 2.24) is 4.98 Å². The number of hydrogen-bond donors (Lipinski definition) is 2. The second kappa shape index (κ2) is 5.11. The Morgan fingerprint density at radius 1 is 1.53 bits per heavy atom. The van der Waals surface area contributed by atoms with Gasteiger partial charge in [0.1, 0.15) is 5.82 Å². The third-order valence-corrected chi connectivity index (χ3v) is 1.99. The highest BCUT2D eigenvalue weighted by molar-refractivity contribution is 6.17. The van der Waals surface area contributed by atoms with Gasteiger partial charge in [0.2, 0.25) is 0 Å². The summed E-state index contributed by atoms with van der Waals surface area (Å²) in [6.07, 6.45) is 0. The molecular weight excluding hydrogens is 224 g/mol. The van der Waals surface area contributed by atoms with Crippen molar-refractivity contribution < 1.29 is 19.4 Å². The van der Waals surface area contributed by atoms with Crippen molar-refractivity contribution in [3.05, 3.63) is 30.0 Å². The molecule has 1 rings (SSSR count). The highest BCUT2D eigenvalue weighted by Crippen LogP contribution is 2.20. The van der Waals surface area contributed by atoms with Crippen LogP contribution in [0.2, 0.25) is 0 Å². The van der Waals surface area contributed by atoms with Crippen molar-refractivity contribution in [2.75, 3.05) is 12.3 Å². The number of pyridine rings is 1. The van der Waals surface area contributed by atoms with E-state index in [0.29, 0.717) is 0 Å². The predicted octanol–water partition coefficient (Wildman–Crippen LogP) is 0.938. The Kier molecular flexibility index (Phi) is 3.82. The Bertz CT molecular complexity index is 482. The van der Waals surface area contributed by atoms with Crippen LogP contribution in [0, 0.1) is 0 Å². The van der Waals surface area contributed by atoms with Gasteiger partial charge in [-0.3, -0.25) is 0 Å². The molecule has 1 heterocycles. The zero-order valence-corrected chi connectivity index (χ0v) is 9.27. The number of aromatic nitrogens is 1. The van der Waals surface area contributed by atoms with E-state index in [1.165, 1.54) is 12.1 Å². The minimum absolute atomic E-state index is 0.0498. The standard InChI is InChI=1S/C11H12N2O4/c1-3-17-11(16)6(2)7-4-5-8(10(14)15)13-9(7)12/h4-5H,2-3H2,1H3,(H2,12,13)(H,14,15). The van der Waals surface area contributed by atoms with Crippen LogP contribution in [-0.4, -0.2) is 28.6 Å². The van der Waals surface area contributed by atoms with Crippen molar-refractivity contribution in [2.24, 2.45) is 0 Å². The molecule has 0 spiro atoms. The first-order valence-electron chi connectivity index (χ1n) is 4.83. The Balaban J connectivity index is 3.04. The molecule has 0 saturated carbocycles. The molecule has 0 amide bonds. The fourth-order valence-corrected chi connectivity index (χ4v) is 1.18. The molecule has 90 valence electrons. The van der Waals surface area contributed by atoms with Crippen LogP contribution in [0.25, 0.3) is 5.57 Å². The highest BCUT2D eigenvalue weighted by Gasteiger charge is 2.15. The largest absolute Gasteiger partial charge is 0.477 e. The number of carbonyl (C=O) groups excluding carboxylic acids is 1. The maximum absolute atomic E-state index is 11.4. The van der Waals surface area contributed by atoms with Crippen molar-refractivity contribution in [3.8, 4) is 0 Å². The summed E-state index contributed by atoms with van der Waals surface area (Å²) in [7, 11) is 0. The molecule has 1 aromatic rings. The smallest absolute Gasteiger partial charge is 0.354 e. The molecule has 0 aromatic carbocycles. The SMILES string of the molecule is C=C(C(=O)OCC)c1ccc(C(=O)O)nc1N. The van der Waals surface area contributed by atoms with Gasteiger partial charge in [-0.15, -0.1) is 0 Å². The van der Waals surface area contributed by atoms with E-state index in [1.54, 1.807) is 6.92 Å². The number of carboxylic acids is 1. The average Bonchev–Trinajstić information content (AvgIpc) is 2.28. The predicted molar refractivity (Wildman–Crippen MR) is 61.3 cm³/mol. The summed E-state index contributed by atoms with van der Waals surface area (Å²) in [5.74, 6) is -1.86. The number of aromatic carboxylic acids is 1. The van der Waals surface area contributed by atoms with Crippen LogP contribution < -0.4 is 5.73 Å². The lowest BCUT2D eigenvalue weighted by molar-refractivity contribution is -0.136. The van der Waals surface area contributed by atoms with E-state index in [4.69, 9.17) is 15.6 Å². The van der Waals surface area contributed by atoms with Crippen LogP contribution >= 0.6 is 0 Å². The number of rotatable bonds is 4. The average molecular weight is 236 g/mol. The quantitative estimate of drug-likeness (QED) is 0.595. The van der Waals surface area contributed by atoms with E-state index in [2.05, 4.69) is 11.6 Å². The Morgan fingerprint density at radius 2 is 2.18 bits per heavy atom. The van der Waals surface area contributed by atoms with Gasteiger partial charge in [-0.05, 0) is 19.1 Å². The van der Waals surface area contributed by atoms with E-state index in [1.807, 2.05) is 0 Å². The molecule has 0 atom stereocenters. The van der Waals surface area contributed by atoms with Gasteiger partial charge in [0.05, 0.1) is 12.2 Å². The molecule has 0 bridgehead atoms. The molecule has 6 heteroatoms. The van der Waals surface area contributed by atoms with Crippen LogP contribution in [0.1, 0.15) is 23.0 Å². The Hall–Kier alpha value is -2.37. The molecule has 0 saturated heterocycles. The number of nitrogens with two attached hydrogens (primary N) is 1. The van der Waals surface area contributed by atoms with E-state index in [-0.39, 0.29) is 29.3 Å². The first-order chi connectivity index (χ1) is 7.97. The number of ether oxygens (including phenoxy) is 1. The number of esters is 1. The first kappa shape index (κ1) is 12.7. The third-order valence-electron chi connectivity index (χ3n) is 1.99. The molecular formula is C11H12N2O4. The zero-order valence-electron chi connectivity index (χ0n) is 9.27. The van der Waals surface area contributed by atoms with Gasteiger partial charge >= 0.3 is 11.9 Å². The third kappa shape index (κ3) is 2.81. The second-order valence-electron chi connectivity index (χ2n) is 3.13. The summed E-state index contributed by atoms with van der Waals surface area (Å²) in [6, 6.07) is 2.63. The summed E-state index contributed by atoms with van der Waals surface area (Å²) >= 11 is 0. The molecule has 0 fully saturated rings. The summed E-state index contributed by atoms with van der Waals surface area (Å²) < 4.78 is 4.75. The van der Waals surface area contributed by atoms with Crippen molar-refractivity contribution in [3.63, 3.8) is 0 Å². The maximum atomic E-state index is 11.4. The van der Waals surface area contributed by atoms with Crippen LogP contribution in [0.15, 0.2) is 18.7 Å². The second-order valence-corrected chi connectivity index (χ2v) is 3.13. The molecule has 6 nitrogen and oxygen atoms in total. The summed E-state index contributed by atoms with van der Waals surface area (Å²) in [5.41, 5.74) is 5.68. The summed E-state index contributed by atoms with van der Waals surface area (Å²) in [5, 5.41) is 8.70. The van der Waals surface area contributed by atoms with Gasteiger partial charge < -0.3 is 15.6 Å². The summed E-state index contributed by atoms with van der Waals surface area (Å²) in [6.45, 7) is 5.42. The summed E-state index contributed by atoms with van der Waals surface area (Å²) in [4.78, 5) is 25.7. The van der Waals surface area contributed by atoms with Crippen molar-refractivity contribution >= 4 is 23.3 Å². The van der Waals surface area contributed by atoms with E-state index in [0.717, 1.165) is 0 Å². The van der Waals surface area contributed by atoms with Gasteiger partial charge in [-0.2, -0.15) is 0 Å². The van der Waals surface area contributed by atoms with Gasteiger partial charge in [-0.25, -0.2) is 14.6 Å². The lowest BCUT2D eigenvalue weighted by atomic mass is 10.1. The lowest BCUT2D eigenvalue weighted by Gasteiger charge is -2.08. The number of carbonyl (C=O) groups is 2. The number of hydrogen-bond acceptors (Lipinski definition) is 5. The zero-order chi connectivity index (χ0) is 13.0. The number of nitrogens with zero attached hydrogens (tertiary/aromatic N) is 1. The fraction of sp³-hybridized carbons (Fsp3) is 0.182. The molecule has 0 unspecified atom stereocenters. The number of anilines is 1. The number of carboxylic acid groups (broad SMARTS) is 1. The van der Waals surface area contributed by atoms with E-state index in [9.17, 15) is 9.59 Å². The molecule has 1 aromatic heterocycles. The van der Waals surface area contributed by atoms with E-state index >= 15 is 0 Å². The molecule has 17 heavy (non-hydrogen) atoms. The molecule has 0 aliphatic rings. The Labute approximate surface area is 97.7 Å². The van der Waals surface area contributed by atoms with Gasteiger partial charge in [0.25, 0.3) is 0 Å². The monoisotopic (exact) mass is 236 g/mol. The minimum Gasteiger partial charge on any atom is -0.477 e. The molecule has 0 radical (unpaired) electrons. The normalized spacial score (nSPS) is 9.71. The fourth-order valence-electron chi connectivity index (χ4n) is 1.18.